The Bertz CT molecular complexity index is 1400. The van der Waals surface area contributed by atoms with Crippen molar-refractivity contribution in [3.05, 3.63) is 48.6 Å². The van der Waals surface area contributed by atoms with E-state index in [4.69, 9.17) is 14.2 Å². The highest BCUT2D eigenvalue weighted by molar-refractivity contribution is 5.71. The van der Waals surface area contributed by atoms with E-state index in [1.54, 1.807) is 0 Å². The fourth-order valence-corrected chi connectivity index (χ4v) is 10.9. The predicted octanol–water partition coefficient (Wildman–Crippen LogP) is 24.9. The van der Waals surface area contributed by atoms with Gasteiger partial charge in [0.15, 0.2) is 6.10 Å². The van der Waals surface area contributed by atoms with Crippen LogP contribution in [-0.2, 0) is 28.6 Å². The SMILES string of the molecule is CCCCC/C=C\CCCCCCCC(=O)OCC(COC(=O)CCCCCCCCCCCCCCCCCC/C=C\C/C=C\C/C=C\CCCCCCC)OC(=O)CCCCCCCCCCCCCCCCCCCCCC. The second kappa shape index (κ2) is 69.9. The lowest BCUT2D eigenvalue weighted by molar-refractivity contribution is -0.167. The summed E-state index contributed by atoms with van der Waals surface area (Å²) in [6.07, 6.45) is 88.7. The lowest BCUT2D eigenvalue weighted by Gasteiger charge is -2.18. The predicted molar refractivity (Wildman–Crippen MR) is 353 cm³/mol. The van der Waals surface area contributed by atoms with E-state index < -0.39 is 6.10 Å². The van der Waals surface area contributed by atoms with Crippen LogP contribution < -0.4 is 0 Å². The summed E-state index contributed by atoms with van der Waals surface area (Å²) in [4.78, 5) is 38.4. The van der Waals surface area contributed by atoms with Crippen LogP contribution in [0.2, 0.25) is 0 Å². The molecule has 0 aromatic rings. The van der Waals surface area contributed by atoms with Crippen molar-refractivity contribution in [1.82, 2.24) is 0 Å². The largest absolute Gasteiger partial charge is 0.462 e. The summed E-state index contributed by atoms with van der Waals surface area (Å²) in [7, 11) is 0. The summed E-state index contributed by atoms with van der Waals surface area (Å²) in [5, 5.41) is 0. The van der Waals surface area contributed by atoms with Gasteiger partial charge in [0.05, 0.1) is 0 Å². The number of allylic oxidation sites excluding steroid dienone is 8. The van der Waals surface area contributed by atoms with Gasteiger partial charge in [0.25, 0.3) is 0 Å². The molecule has 0 saturated carbocycles. The van der Waals surface area contributed by atoms with Crippen molar-refractivity contribution in [3.8, 4) is 0 Å². The van der Waals surface area contributed by atoms with Crippen LogP contribution in [0.3, 0.4) is 0 Å². The second-order valence-electron chi connectivity index (χ2n) is 24.5. The standard InChI is InChI=1S/C75H138O6/c1-4-7-10-13-16-19-22-25-27-29-31-33-34-35-36-37-38-39-40-41-42-43-45-46-48-50-53-56-59-62-65-68-74(77)80-71-72(70-79-73(76)67-64-61-58-55-52-24-21-18-15-12-9-6-3)81-75(78)69-66-63-60-57-54-51-49-47-44-32-30-28-26-23-20-17-14-11-8-5-2/h18,21-22,25,29,31,34-35,72H,4-17,19-20,23-24,26-28,30,32-33,36-71H2,1-3H3/b21-18-,25-22-,31-29-,35-34-. The molecule has 81 heavy (non-hydrogen) atoms. The summed E-state index contributed by atoms with van der Waals surface area (Å²) in [5.74, 6) is -0.853. The number of hydrogen-bond acceptors (Lipinski definition) is 6. The average molecular weight is 1140 g/mol. The average Bonchev–Trinajstić information content (AvgIpc) is 3.47. The van der Waals surface area contributed by atoms with Crippen LogP contribution in [-0.4, -0.2) is 37.2 Å². The monoisotopic (exact) mass is 1140 g/mol. The first-order valence-electron chi connectivity index (χ1n) is 36.1. The Hall–Kier alpha value is -2.63. The molecular weight excluding hydrogens is 997 g/mol. The van der Waals surface area contributed by atoms with E-state index in [0.29, 0.717) is 19.3 Å². The fourth-order valence-electron chi connectivity index (χ4n) is 10.9. The third-order valence-corrected chi connectivity index (χ3v) is 16.3. The molecule has 1 atom stereocenters. The van der Waals surface area contributed by atoms with Crippen molar-refractivity contribution in [1.29, 1.82) is 0 Å². The molecule has 0 N–H and O–H groups in total. The molecule has 1 unspecified atom stereocenters. The van der Waals surface area contributed by atoms with E-state index >= 15 is 0 Å². The minimum absolute atomic E-state index is 0.0705. The molecule has 474 valence electrons. The highest BCUT2D eigenvalue weighted by Crippen LogP contribution is 2.18. The number of esters is 3. The van der Waals surface area contributed by atoms with Gasteiger partial charge in [0.2, 0.25) is 0 Å². The van der Waals surface area contributed by atoms with E-state index in [0.717, 1.165) is 77.0 Å². The minimum Gasteiger partial charge on any atom is -0.462 e. The van der Waals surface area contributed by atoms with Gasteiger partial charge in [0, 0.05) is 19.3 Å². The van der Waals surface area contributed by atoms with Crippen LogP contribution in [0.25, 0.3) is 0 Å². The zero-order chi connectivity index (χ0) is 58.5. The quantitative estimate of drug-likeness (QED) is 0.0261. The number of carbonyl (C=O) groups is 3. The van der Waals surface area contributed by atoms with Gasteiger partial charge in [-0.2, -0.15) is 0 Å². The molecule has 0 rings (SSSR count). The molecule has 0 heterocycles. The summed E-state index contributed by atoms with van der Waals surface area (Å²) in [5.41, 5.74) is 0. The Morgan fingerprint density at radius 2 is 0.444 bits per heavy atom. The van der Waals surface area contributed by atoms with Crippen molar-refractivity contribution >= 4 is 17.9 Å². The summed E-state index contributed by atoms with van der Waals surface area (Å²) in [6.45, 7) is 6.67. The normalized spacial score (nSPS) is 12.3. The molecule has 0 radical (unpaired) electrons. The van der Waals surface area contributed by atoms with Gasteiger partial charge in [-0.15, -0.1) is 0 Å². The smallest absolute Gasteiger partial charge is 0.306 e. The van der Waals surface area contributed by atoms with Gasteiger partial charge in [0.1, 0.15) is 13.2 Å². The molecule has 0 bridgehead atoms. The minimum atomic E-state index is -0.774. The summed E-state index contributed by atoms with van der Waals surface area (Å²) in [6, 6.07) is 0. The number of hydrogen-bond donors (Lipinski definition) is 0. The molecule has 0 aromatic heterocycles. The van der Waals surface area contributed by atoms with Gasteiger partial charge < -0.3 is 14.2 Å². The number of unbranched alkanes of at least 4 members (excludes halogenated alkanes) is 48. The maximum Gasteiger partial charge on any atom is 0.306 e. The Kier molecular flexibility index (Phi) is 67.6. The van der Waals surface area contributed by atoms with Crippen LogP contribution in [0, 0.1) is 0 Å². The first-order valence-corrected chi connectivity index (χ1v) is 36.1. The lowest BCUT2D eigenvalue weighted by atomic mass is 10.0. The Morgan fingerprint density at radius 1 is 0.247 bits per heavy atom. The van der Waals surface area contributed by atoms with Gasteiger partial charge in [-0.05, 0) is 83.5 Å². The molecule has 0 saturated heterocycles. The molecule has 0 aliphatic rings. The van der Waals surface area contributed by atoms with Crippen LogP contribution in [0.4, 0.5) is 0 Å². The molecule has 0 aromatic carbocycles. The molecular formula is C75H138O6. The first-order chi connectivity index (χ1) is 40.0. The molecule has 0 spiro atoms. The first kappa shape index (κ1) is 78.4. The number of rotatable bonds is 67. The Morgan fingerprint density at radius 3 is 0.728 bits per heavy atom. The number of ether oxygens (including phenoxy) is 3. The van der Waals surface area contributed by atoms with E-state index in [1.807, 2.05) is 0 Å². The molecule has 6 heteroatoms. The van der Waals surface area contributed by atoms with Crippen molar-refractivity contribution in [2.45, 2.75) is 399 Å². The van der Waals surface area contributed by atoms with Gasteiger partial charge >= 0.3 is 17.9 Å². The van der Waals surface area contributed by atoms with Gasteiger partial charge in [-0.25, -0.2) is 0 Å². The van der Waals surface area contributed by atoms with E-state index in [1.165, 1.54) is 276 Å². The van der Waals surface area contributed by atoms with E-state index in [-0.39, 0.29) is 31.1 Å². The maximum atomic E-state index is 12.9. The van der Waals surface area contributed by atoms with Gasteiger partial charge in [-0.3, -0.25) is 14.4 Å². The van der Waals surface area contributed by atoms with E-state index in [2.05, 4.69) is 69.4 Å². The second-order valence-corrected chi connectivity index (χ2v) is 24.5. The Balaban J connectivity index is 4.16. The Labute approximate surface area is 505 Å². The molecule has 0 amide bonds. The third-order valence-electron chi connectivity index (χ3n) is 16.3. The summed E-state index contributed by atoms with van der Waals surface area (Å²) >= 11 is 0. The molecule has 0 aliphatic carbocycles. The molecule has 0 fully saturated rings. The highest BCUT2D eigenvalue weighted by atomic mass is 16.6. The topological polar surface area (TPSA) is 78.9 Å². The van der Waals surface area contributed by atoms with Crippen molar-refractivity contribution < 1.29 is 28.6 Å². The van der Waals surface area contributed by atoms with Crippen LogP contribution >= 0.6 is 0 Å². The van der Waals surface area contributed by atoms with Crippen LogP contribution in [0.1, 0.15) is 393 Å². The van der Waals surface area contributed by atoms with Crippen molar-refractivity contribution in [2.24, 2.45) is 0 Å². The third kappa shape index (κ3) is 68.0. The van der Waals surface area contributed by atoms with Gasteiger partial charge in [-0.1, -0.05) is 339 Å². The van der Waals surface area contributed by atoms with E-state index in [9.17, 15) is 14.4 Å². The lowest BCUT2D eigenvalue weighted by Crippen LogP contribution is -2.30. The summed E-state index contributed by atoms with van der Waals surface area (Å²) < 4.78 is 17.0. The zero-order valence-electron chi connectivity index (χ0n) is 54.6. The fraction of sp³-hybridized carbons (Fsp3) is 0.853. The zero-order valence-corrected chi connectivity index (χ0v) is 54.6. The van der Waals surface area contributed by atoms with Crippen LogP contribution in [0.15, 0.2) is 48.6 Å². The van der Waals surface area contributed by atoms with Crippen molar-refractivity contribution in [2.75, 3.05) is 13.2 Å². The van der Waals surface area contributed by atoms with Crippen LogP contribution in [0.5, 0.6) is 0 Å². The highest BCUT2D eigenvalue weighted by Gasteiger charge is 2.19. The number of carbonyl (C=O) groups excluding carboxylic acids is 3. The molecule has 0 aliphatic heterocycles. The maximum absolute atomic E-state index is 12.9. The van der Waals surface area contributed by atoms with Crippen molar-refractivity contribution in [3.63, 3.8) is 0 Å². The molecule has 6 nitrogen and oxygen atoms in total.